The van der Waals surface area contributed by atoms with Gasteiger partial charge in [-0.15, -0.1) is 0 Å². The molecule has 1 aliphatic heterocycles. The van der Waals surface area contributed by atoms with E-state index in [0.29, 0.717) is 18.8 Å². The van der Waals surface area contributed by atoms with Crippen molar-refractivity contribution >= 4 is 11.6 Å². The van der Waals surface area contributed by atoms with Crippen molar-refractivity contribution in [1.29, 1.82) is 0 Å². The van der Waals surface area contributed by atoms with E-state index < -0.39 is 41.5 Å². The number of benzene rings is 1. The third-order valence-corrected chi connectivity index (χ3v) is 12.7. The summed E-state index contributed by atoms with van der Waals surface area (Å²) in [7, 11) is 0. The molecule has 0 radical (unpaired) electrons. The zero-order valence-corrected chi connectivity index (χ0v) is 26.0. The summed E-state index contributed by atoms with van der Waals surface area (Å²) in [5.41, 5.74) is 1.44. The number of ether oxygens (including phenoxy) is 2. The van der Waals surface area contributed by atoms with Crippen molar-refractivity contribution in [1.82, 2.24) is 4.57 Å². The summed E-state index contributed by atoms with van der Waals surface area (Å²) in [4.78, 5) is 26.1. The van der Waals surface area contributed by atoms with Gasteiger partial charge in [-0.2, -0.15) is 0 Å². The lowest BCUT2D eigenvalue weighted by Crippen LogP contribution is -2.63. The summed E-state index contributed by atoms with van der Waals surface area (Å²) < 4.78 is 15.7. The maximum Gasteiger partial charge on any atom is 0.193 e. The summed E-state index contributed by atoms with van der Waals surface area (Å²) in [6.07, 6.45) is 12.3. The molecule has 4 saturated carbocycles. The number of fused-ring (bicyclic) bond motifs is 7. The second kappa shape index (κ2) is 10.3. The van der Waals surface area contributed by atoms with E-state index in [2.05, 4.69) is 36.7 Å². The Kier molecular flexibility index (Phi) is 6.76. The number of hydrogen-bond donors (Lipinski definition) is 3. The predicted octanol–water partition coefficient (Wildman–Crippen LogP) is 4.58. The van der Waals surface area contributed by atoms with E-state index >= 15 is 0 Å². The van der Waals surface area contributed by atoms with Gasteiger partial charge in [-0.25, -0.2) is 0 Å². The third-order valence-electron chi connectivity index (χ3n) is 12.7. The first-order valence-electron chi connectivity index (χ1n) is 16.6. The topological polar surface area (TPSA) is 118 Å². The van der Waals surface area contributed by atoms with Crippen molar-refractivity contribution in [2.24, 2.45) is 34.5 Å². The van der Waals surface area contributed by atoms with Crippen LogP contribution >= 0.6 is 0 Å². The Morgan fingerprint density at radius 3 is 2.73 bits per heavy atom. The largest absolute Gasteiger partial charge is 0.393 e. The van der Waals surface area contributed by atoms with Gasteiger partial charge in [0.1, 0.15) is 6.61 Å². The van der Waals surface area contributed by atoms with Crippen molar-refractivity contribution in [3.05, 3.63) is 83.2 Å². The summed E-state index contributed by atoms with van der Waals surface area (Å²) in [6.45, 7) is 3.54. The highest BCUT2D eigenvalue weighted by molar-refractivity contribution is 6.01. The number of allylic oxidation sites excluding steroid dienone is 4. The molecule has 0 amide bonds. The van der Waals surface area contributed by atoms with E-state index in [0.717, 1.165) is 47.9 Å². The molecule has 5 aliphatic carbocycles. The molecule has 8 heteroatoms. The molecule has 0 unspecified atom stereocenters. The molecule has 0 bridgehead atoms. The molecule has 8 rings (SSSR count). The third kappa shape index (κ3) is 4.15. The highest BCUT2D eigenvalue weighted by Crippen LogP contribution is 2.70. The highest BCUT2D eigenvalue weighted by Gasteiger charge is 2.76. The number of aromatic nitrogens is 1. The van der Waals surface area contributed by atoms with Crippen LogP contribution in [-0.2, 0) is 25.7 Å². The van der Waals surface area contributed by atoms with Crippen LogP contribution in [0.1, 0.15) is 81.4 Å². The number of carbonyl (C=O) groups excluding carboxylic acids is 2. The van der Waals surface area contributed by atoms with E-state index in [1.54, 1.807) is 12.2 Å². The zero-order valence-electron chi connectivity index (χ0n) is 26.0. The van der Waals surface area contributed by atoms with Crippen molar-refractivity contribution in [2.45, 2.75) is 89.1 Å². The standard InChI is InChI=1S/C37H43NO7/c1-35-12-10-26(41)15-25(35)8-9-27-28-16-31-37(30(43)20-40,36(28,2)17-29(42)32(27)35)45-34(44-31)24-11-13-38(18-24)33(22-6-7-22)23-5-3-4-21(14-23)19-39/h3-5,10-15,18,22,27-29,31-34,39-40,42H,6-9,16-17,19-20H2,1-2H3/t27-,28-,29-,31+,32+,33-,34+,35-,36-,37+/m0/s1. The number of aliphatic hydroxyl groups is 3. The van der Waals surface area contributed by atoms with Crippen LogP contribution in [0.4, 0.5) is 0 Å². The van der Waals surface area contributed by atoms with Gasteiger partial charge < -0.3 is 29.4 Å². The number of ketones is 2. The molecular weight excluding hydrogens is 570 g/mol. The number of hydrogen-bond acceptors (Lipinski definition) is 7. The van der Waals surface area contributed by atoms with Crippen LogP contribution < -0.4 is 0 Å². The second-order valence-electron chi connectivity index (χ2n) is 14.9. The summed E-state index contributed by atoms with van der Waals surface area (Å²) >= 11 is 0. The molecule has 1 saturated heterocycles. The lowest BCUT2D eigenvalue weighted by Gasteiger charge is -2.59. The quantitative estimate of drug-likeness (QED) is 0.418. The first-order chi connectivity index (χ1) is 21.6. The maximum absolute atomic E-state index is 13.9. The van der Waals surface area contributed by atoms with Crippen molar-refractivity contribution in [3.8, 4) is 0 Å². The number of carbonyl (C=O) groups is 2. The number of nitrogens with zero attached hydrogens (tertiary/aromatic N) is 1. The minimum atomic E-state index is -1.37. The Morgan fingerprint density at radius 1 is 1.16 bits per heavy atom. The van der Waals surface area contributed by atoms with E-state index in [-0.39, 0.29) is 42.0 Å². The van der Waals surface area contributed by atoms with Crippen LogP contribution in [0.2, 0.25) is 0 Å². The first kappa shape index (κ1) is 29.5. The van der Waals surface area contributed by atoms with Gasteiger partial charge in [0.2, 0.25) is 0 Å². The average molecular weight is 614 g/mol. The molecular formula is C37H43NO7. The Bertz CT molecular complexity index is 1600. The van der Waals surface area contributed by atoms with Crippen LogP contribution in [0.25, 0.3) is 0 Å². The lowest BCUT2D eigenvalue weighted by molar-refractivity contribution is -0.201. The van der Waals surface area contributed by atoms with Gasteiger partial charge in [-0.1, -0.05) is 49.8 Å². The zero-order chi connectivity index (χ0) is 31.3. The van der Waals surface area contributed by atoms with E-state index in [1.165, 1.54) is 0 Å². The number of Topliss-reactive ketones (excluding diaryl/α,β-unsaturated/α-hetero) is 1. The Morgan fingerprint density at radius 2 is 1.98 bits per heavy atom. The SMILES string of the molecule is C[C@]12C=CC(=O)C=C1CC[C@@H]1[C@@H]2[C@@H](O)C[C@@]2(C)[C@H]1C[C@H]1O[C@@H](c3ccn([C@H](c4cccc(CO)c4)C4CC4)c3)O[C@]12C(=O)CO. The fourth-order valence-corrected chi connectivity index (χ4v) is 10.6. The van der Waals surface area contributed by atoms with Crippen LogP contribution in [0.15, 0.2) is 66.5 Å². The normalized spacial score (nSPS) is 40.7. The van der Waals surface area contributed by atoms with Crippen molar-refractivity contribution in [3.63, 3.8) is 0 Å². The fraction of sp³-hybridized carbons (Fsp3) is 0.568. The van der Waals surface area contributed by atoms with Gasteiger partial charge in [0, 0.05) is 34.7 Å². The number of rotatable bonds is 7. The van der Waals surface area contributed by atoms with Crippen LogP contribution in [0.3, 0.4) is 0 Å². The Labute approximate surface area is 263 Å². The molecule has 2 heterocycles. The number of aliphatic hydroxyl groups excluding tert-OH is 3. The average Bonchev–Trinajstić information content (AvgIpc) is 3.50. The molecule has 1 aromatic carbocycles. The molecule has 10 atom stereocenters. The van der Waals surface area contributed by atoms with Gasteiger partial charge >= 0.3 is 0 Å². The van der Waals surface area contributed by atoms with Gasteiger partial charge in [-0.3, -0.25) is 9.59 Å². The van der Waals surface area contributed by atoms with Gasteiger partial charge in [-0.05, 0) is 85.6 Å². The van der Waals surface area contributed by atoms with Gasteiger partial charge in [0.05, 0.1) is 24.9 Å². The van der Waals surface area contributed by atoms with Gasteiger partial charge in [0.25, 0.3) is 0 Å². The van der Waals surface area contributed by atoms with E-state index in [9.17, 15) is 24.9 Å². The van der Waals surface area contributed by atoms with Crippen molar-refractivity contribution in [2.75, 3.05) is 6.61 Å². The first-order valence-corrected chi connectivity index (χ1v) is 16.6. The molecule has 5 fully saturated rings. The molecule has 0 spiro atoms. The lowest BCUT2D eigenvalue weighted by atomic mass is 9.46. The molecule has 3 N–H and O–H groups in total. The molecule has 45 heavy (non-hydrogen) atoms. The van der Waals surface area contributed by atoms with E-state index in [1.807, 2.05) is 30.5 Å². The van der Waals surface area contributed by atoms with Crippen LogP contribution in [0, 0.1) is 34.5 Å². The summed E-state index contributed by atoms with van der Waals surface area (Å²) in [5.74, 6) is 0.226. The highest BCUT2D eigenvalue weighted by atomic mass is 16.7. The monoisotopic (exact) mass is 613 g/mol. The Balaban J connectivity index is 1.11. The van der Waals surface area contributed by atoms with Crippen LogP contribution in [-0.4, -0.2) is 55.9 Å². The summed E-state index contributed by atoms with van der Waals surface area (Å²) in [6, 6.07) is 10.2. The van der Waals surface area contributed by atoms with Crippen molar-refractivity contribution < 1.29 is 34.4 Å². The molecule has 2 aromatic rings. The fourth-order valence-electron chi connectivity index (χ4n) is 10.6. The Hall–Kier alpha value is -2.88. The molecule has 8 nitrogen and oxygen atoms in total. The molecule has 6 aliphatic rings. The summed E-state index contributed by atoms with van der Waals surface area (Å²) in [5, 5.41) is 31.9. The van der Waals surface area contributed by atoms with E-state index in [4.69, 9.17) is 9.47 Å². The maximum atomic E-state index is 13.9. The second-order valence-corrected chi connectivity index (χ2v) is 14.9. The minimum absolute atomic E-state index is 0.00217. The predicted molar refractivity (Wildman–Crippen MR) is 165 cm³/mol. The minimum Gasteiger partial charge on any atom is -0.393 e. The smallest absolute Gasteiger partial charge is 0.193 e. The van der Waals surface area contributed by atoms with Gasteiger partial charge in [0.15, 0.2) is 23.5 Å². The molecule has 238 valence electrons. The van der Waals surface area contributed by atoms with Crippen LogP contribution in [0.5, 0.6) is 0 Å². The molecule has 1 aromatic heterocycles.